The monoisotopic (exact) mass is 285 g/mol. The molecule has 0 bridgehead atoms. The molecule has 1 amide bonds. The zero-order chi connectivity index (χ0) is 14.7. The topological polar surface area (TPSA) is 81.2 Å². The van der Waals surface area contributed by atoms with Crippen LogP contribution in [0.3, 0.4) is 0 Å². The molecule has 5 nitrogen and oxygen atoms in total. The molecule has 1 aliphatic rings. The van der Waals surface area contributed by atoms with Gasteiger partial charge < -0.3 is 15.5 Å². The average molecular weight is 285 g/mol. The van der Waals surface area contributed by atoms with E-state index >= 15 is 0 Å². The van der Waals surface area contributed by atoms with Gasteiger partial charge in [0.2, 0.25) is 5.91 Å². The van der Waals surface area contributed by atoms with Crippen LogP contribution in [0, 0.1) is 11.8 Å². The molecule has 5 heteroatoms. The highest BCUT2D eigenvalue weighted by molar-refractivity contribution is 5.93. The van der Waals surface area contributed by atoms with E-state index in [0.29, 0.717) is 18.2 Å². The maximum atomic E-state index is 12.3. The van der Waals surface area contributed by atoms with Gasteiger partial charge in [-0.1, -0.05) is 6.42 Å². The van der Waals surface area contributed by atoms with Crippen LogP contribution >= 0.6 is 0 Å². The predicted molar refractivity (Wildman–Crippen MR) is 80.5 cm³/mol. The van der Waals surface area contributed by atoms with Crippen LogP contribution in [0.1, 0.15) is 19.3 Å². The number of rotatable bonds is 4. The average Bonchev–Trinajstić information content (AvgIpc) is 3.19. The summed E-state index contributed by atoms with van der Waals surface area (Å²) in [5.41, 5.74) is 7.47. The number of carbonyl (C=O) groups excluding carboxylic acids is 1. The Morgan fingerprint density at radius 2 is 2.14 bits per heavy atom. The first kappa shape index (κ1) is 13.8. The highest BCUT2D eigenvalue weighted by Gasteiger charge is 2.31. The van der Waals surface area contributed by atoms with Crippen molar-refractivity contribution >= 4 is 11.6 Å². The third kappa shape index (κ3) is 2.97. The number of amides is 1. The first-order chi connectivity index (χ1) is 10.3. The minimum absolute atomic E-state index is 0.0453. The molecular formula is C16H19N3O2. The van der Waals surface area contributed by atoms with E-state index in [1.54, 1.807) is 6.20 Å². The van der Waals surface area contributed by atoms with Crippen LogP contribution in [0.15, 0.2) is 41.3 Å². The zero-order valence-corrected chi connectivity index (χ0v) is 11.8. The fraction of sp³-hybridized carbons (Fsp3) is 0.375. The molecule has 0 aliphatic heterocycles. The predicted octanol–water partition coefficient (Wildman–Crippen LogP) is 2.66. The molecule has 1 aromatic heterocycles. The second-order valence-electron chi connectivity index (χ2n) is 5.47. The lowest BCUT2D eigenvalue weighted by Gasteiger charge is -2.17. The number of carbonyl (C=O) groups is 1. The van der Waals surface area contributed by atoms with Gasteiger partial charge in [-0.3, -0.25) is 4.79 Å². The van der Waals surface area contributed by atoms with E-state index in [9.17, 15) is 4.79 Å². The van der Waals surface area contributed by atoms with Crippen LogP contribution in [-0.2, 0) is 4.79 Å². The molecule has 110 valence electrons. The summed E-state index contributed by atoms with van der Waals surface area (Å²) in [6, 6.07) is 7.57. The molecule has 0 saturated heterocycles. The highest BCUT2D eigenvalue weighted by atomic mass is 16.3. The zero-order valence-electron chi connectivity index (χ0n) is 11.8. The van der Waals surface area contributed by atoms with Crippen molar-refractivity contribution in [2.24, 2.45) is 17.6 Å². The van der Waals surface area contributed by atoms with Crippen LogP contribution in [-0.4, -0.2) is 17.4 Å². The number of benzene rings is 1. The fourth-order valence-corrected chi connectivity index (χ4v) is 2.98. The standard InChI is InChI=1S/C16H19N3O2/c17-8-12-2-1-3-14(12)16(20)19-13-6-4-11(5-7-13)15-9-18-10-21-15/h4-7,9-10,12,14H,1-3,8,17H2,(H,19,20)/t12-,14-/m1/s1. The van der Waals surface area contributed by atoms with Gasteiger partial charge >= 0.3 is 0 Å². The first-order valence-corrected chi connectivity index (χ1v) is 7.28. The fourth-order valence-electron chi connectivity index (χ4n) is 2.98. The van der Waals surface area contributed by atoms with Gasteiger partial charge in [-0.25, -0.2) is 4.98 Å². The van der Waals surface area contributed by atoms with Crippen LogP contribution < -0.4 is 11.1 Å². The van der Waals surface area contributed by atoms with Crippen molar-refractivity contribution < 1.29 is 9.21 Å². The van der Waals surface area contributed by atoms with E-state index in [1.807, 2.05) is 24.3 Å². The van der Waals surface area contributed by atoms with Crippen LogP contribution in [0.5, 0.6) is 0 Å². The summed E-state index contributed by atoms with van der Waals surface area (Å²) in [5.74, 6) is 1.16. The van der Waals surface area contributed by atoms with Crippen molar-refractivity contribution in [2.45, 2.75) is 19.3 Å². The van der Waals surface area contributed by atoms with E-state index in [4.69, 9.17) is 10.2 Å². The van der Waals surface area contributed by atoms with Gasteiger partial charge in [0, 0.05) is 17.2 Å². The van der Waals surface area contributed by atoms with E-state index < -0.39 is 0 Å². The molecule has 1 heterocycles. The summed E-state index contributed by atoms with van der Waals surface area (Å²) in [6.45, 7) is 0.586. The molecule has 1 fully saturated rings. The van der Waals surface area contributed by atoms with Gasteiger partial charge in [0.25, 0.3) is 0 Å². The van der Waals surface area contributed by atoms with Gasteiger partial charge in [0.05, 0.1) is 6.20 Å². The molecule has 1 saturated carbocycles. The van der Waals surface area contributed by atoms with Gasteiger partial charge in [-0.15, -0.1) is 0 Å². The second kappa shape index (κ2) is 6.10. The summed E-state index contributed by atoms with van der Waals surface area (Å²) in [6.07, 6.45) is 6.14. The molecule has 2 aromatic rings. The van der Waals surface area contributed by atoms with Crippen LogP contribution in [0.25, 0.3) is 11.3 Å². The Hall–Kier alpha value is -2.14. The lowest BCUT2D eigenvalue weighted by Crippen LogP contribution is -2.29. The van der Waals surface area contributed by atoms with Gasteiger partial charge in [-0.05, 0) is 49.6 Å². The van der Waals surface area contributed by atoms with Gasteiger partial charge in [-0.2, -0.15) is 0 Å². The minimum atomic E-state index is 0.0453. The van der Waals surface area contributed by atoms with Crippen molar-refractivity contribution in [2.75, 3.05) is 11.9 Å². The number of nitrogens with one attached hydrogen (secondary N) is 1. The van der Waals surface area contributed by atoms with Crippen molar-refractivity contribution in [1.82, 2.24) is 4.98 Å². The Morgan fingerprint density at radius 1 is 1.33 bits per heavy atom. The maximum absolute atomic E-state index is 12.3. The molecule has 0 spiro atoms. The summed E-state index contributed by atoms with van der Waals surface area (Å²) in [7, 11) is 0. The van der Waals surface area contributed by atoms with E-state index in [0.717, 1.165) is 30.5 Å². The normalized spacial score (nSPS) is 21.4. The lowest BCUT2D eigenvalue weighted by atomic mass is 9.95. The highest BCUT2D eigenvalue weighted by Crippen LogP contribution is 2.32. The number of anilines is 1. The lowest BCUT2D eigenvalue weighted by molar-refractivity contribution is -0.120. The molecule has 21 heavy (non-hydrogen) atoms. The van der Waals surface area contributed by atoms with Crippen LogP contribution in [0.2, 0.25) is 0 Å². The number of hydrogen-bond acceptors (Lipinski definition) is 4. The summed E-state index contributed by atoms with van der Waals surface area (Å²) < 4.78 is 5.24. The number of nitrogens with two attached hydrogens (primary N) is 1. The molecule has 1 aliphatic carbocycles. The molecule has 0 radical (unpaired) electrons. The van der Waals surface area contributed by atoms with Gasteiger partial charge in [0.15, 0.2) is 12.2 Å². The summed E-state index contributed by atoms with van der Waals surface area (Å²) >= 11 is 0. The number of aromatic nitrogens is 1. The van der Waals surface area contributed by atoms with Crippen molar-refractivity contribution in [3.63, 3.8) is 0 Å². The van der Waals surface area contributed by atoms with E-state index in [1.165, 1.54) is 6.39 Å². The minimum Gasteiger partial charge on any atom is -0.444 e. The Balaban J connectivity index is 1.66. The molecule has 1 aromatic carbocycles. The second-order valence-corrected chi connectivity index (χ2v) is 5.47. The Bertz CT molecular complexity index is 592. The third-order valence-electron chi connectivity index (χ3n) is 4.17. The number of nitrogens with zero attached hydrogens (tertiary/aromatic N) is 1. The molecule has 0 unspecified atom stereocenters. The quantitative estimate of drug-likeness (QED) is 0.905. The number of oxazole rings is 1. The van der Waals surface area contributed by atoms with Gasteiger partial charge in [0.1, 0.15) is 0 Å². The third-order valence-corrected chi connectivity index (χ3v) is 4.17. The maximum Gasteiger partial charge on any atom is 0.227 e. The smallest absolute Gasteiger partial charge is 0.227 e. The molecule has 2 atom stereocenters. The largest absolute Gasteiger partial charge is 0.444 e. The molecule has 3 N–H and O–H groups in total. The first-order valence-electron chi connectivity index (χ1n) is 7.28. The summed E-state index contributed by atoms with van der Waals surface area (Å²) in [4.78, 5) is 16.2. The summed E-state index contributed by atoms with van der Waals surface area (Å²) in [5, 5.41) is 2.98. The Kier molecular flexibility index (Phi) is 4.01. The number of hydrogen-bond donors (Lipinski definition) is 2. The van der Waals surface area contributed by atoms with E-state index in [-0.39, 0.29) is 11.8 Å². The molecular weight excluding hydrogens is 266 g/mol. The van der Waals surface area contributed by atoms with E-state index in [2.05, 4.69) is 10.3 Å². The molecule has 3 rings (SSSR count). The Morgan fingerprint density at radius 3 is 2.81 bits per heavy atom. The van der Waals surface area contributed by atoms with Crippen molar-refractivity contribution in [1.29, 1.82) is 0 Å². The Labute approximate surface area is 123 Å². The SMILES string of the molecule is NC[C@H]1CCC[C@H]1C(=O)Nc1ccc(-c2cnco2)cc1. The van der Waals surface area contributed by atoms with Crippen molar-refractivity contribution in [3.05, 3.63) is 36.9 Å². The van der Waals surface area contributed by atoms with Crippen molar-refractivity contribution in [3.8, 4) is 11.3 Å². The van der Waals surface area contributed by atoms with Crippen LogP contribution in [0.4, 0.5) is 5.69 Å².